The minimum Gasteiger partial charge on any atom is -0.462 e. The second-order valence-corrected chi connectivity index (χ2v) is 9.41. The van der Waals surface area contributed by atoms with E-state index in [0.717, 1.165) is 26.7 Å². The second kappa shape index (κ2) is 9.14. The number of carbonyl (C=O) groups excluding carboxylic acids is 2. The maximum absolute atomic E-state index is 13.3. The fraction of sp³-hybridized carbons (Fsp3) is 0.250. The van der Waals surface area contributed by atoms with Gasteiger partial charge in [0.15, 0.2) is 5.78 Å². The SMILES string of the molecule is CCOC(=O)c1sc(SCc2ccccc2)c2c1CC(c1ccc(F)cc1)CC2=O. The number of halogens is 1. The van der Waals surface area contributed by atoms with Crippen molar-refractivity contribution >= 4 is 34.9 Å². The number of hydrogen-bond acceptors (Lipinski definition) is 5. The number of rotatable bonds is 6. The molecule has 1 aromatic heterocycles. The Morgan fingerprint density at radius 2 is 1.87 bits per heavy atom. The van der Waals surface area contributed by atoms with Gasteiger partial charge in [0, 0.05) is 17.7 Å². The van der Waals surface area contributed by atoms with Crippen LogP contribution in [0.25, 0.3) is 0 Å². The zero-order chi connectivity index (χ0) is 21.1. The third-order valence-electron chi connectivity index (χ3n) is 5.15. The molecule has 3 nitrogen and oxygen atoms in total. The highest BCUT2D eigenvalue weighted by Gasteiger charge is 2.35. The maximum atomic E-state index is 13.3. The van der Waals surface area contributed by atoms with Crippen molar-refractivity contribution in [1.82, 2.24) is 0 Å². The van der Waals surface area contributed by atoms with E-state index >= 15 is 0 Å². The fourth-order valence-electron chi connectivity index (χ4n) is 3.72. The number of ketones is 1. The zero-order valence-electron chi connectivity index (χ0n) is 16.5. The molecular formula is C24H21FO3S2. The van der Waals surface area contributed by atoms with E-state index in [1.807, 2.05) is 30.3 Å². The number of esters is 1. The topological polar surface area (TPSA) is 43.4 Å². The third-order valence-corrected chi connectivity index (χ3v) is 7.71. The zero-order valence-corrected chi connectivity index (χ0v) is 18.2. The molecule has 6 heteroatoms. The maximum Gasteiger partial charge on any atom is 0.348 e. The molecule has 3 aromatic rings. The summed E-state index contributed by atoms with van der Waals surface area (Å²) in [5, 5.41) is 0. The van der Waals surface area contributed by atoms with Gasteiger partial charge in [0.1, 0.15) is 10.7 Å². The van der Waals surface area contributed by atoms with Crippen molar-refractivity contribution in [3.63, 3.8) is 0 Å². The first-order valence-corrected chi connectivity index (χ1v) is 11.6. The molecule has 0 radical (unpaired) electrons. The number of benzene rings is 2. The van der Waals surface area contributed by atoms with Crippen LogP contribution in [0.5, 0.6) is 0 Å². The Bertz CT molecular complexity index is 1060. The van der Waals surface area contributed by atoms with Gasteiger partial charge in [0.05, 0.1) is 10.8 Å². The van der Waals surface area contributed by atoms with Crippen molar-refractivity contribution in [2.75, 3.05) is 6.61 Å². The van der Waals surface area contributed by atoms with Crippen LogP contribution in [0.1, 0.15) is 56.0 Å². The molecule has 30 heavy (non-hydrogen) atoms. The summed E-state index contributed by atoms with van der Waals surface area (Å²) in [6.07, 6.45) is 0.930. The summed E-state index contributed by atoms with van der Waals surface area (Å²) in [6.45, 7) is 2.06. The lowest BCUT2D eigenvalue weighted by Gasteiger charge is -2.23. The summed E-state index contributed by atoms with van der Waals surface area (Å²) in [7, 11) is 0. The number of thioether (sulfide) groups is 1. The summed E-state index contributed by atoms with van der Waals surface area (Å²) >= 11 is 2.94. The van der Waals surface area contributed by atoms with Crippen LogP contribution in [0.4, 0.5) is 4.39 Å². The normalized spacial score (nSPS) is 15.7. The molecule has 1 aliphatic rings. The molecular weight excluding hydrogens is 419 g/mol. The van der Waals surface area contributed by atoms with Crippen LogP contribution in [-0.4, -0.2) is 18.4 Å². The highest BCUT2D eigenvalue weighted by molar-refractivity contribution is 8.00. The van der Waals surface area contributed by atoms with Crippen LogP contribution in [0.15, 0.2) is 58.8 Å². The molecule has 0 aliphatic heterocycles. The smallest absolute Gasteiger partial charge is 0.348 e. The van der Waals surface area contributed by atoms with Crippen molar-refractivity contribution < 1.29 is 18.7 Å². The average molecular weight is 441 g/mol. The molecule has 154 valence electrons. The van der Waals surface area contributed by atoms with Crippen LogP contribution in [0.3, 0.4) is 0 Å². The van der Waals surface area contributed by atoms with Crippen LogP contribution >= 0.6 is 23.1 Å². The summed E-state index contributed by atoms with van der Waals surface area (Å²) in [4.78, 5) is 26.3. The van der Waals surface area contributed by atoms with Crippen molar-refractivity contribution in [3.05, 3.63) is 87.5 Å². The van der Waals surface area contributed by atoms with Gasteiger partial charge >= 0.3 is 5.97 Å². The number of carbonyl (C=O) groups is 2. The molecule has 0 bridgehead atoms. The summed E-state index contributed by atoms with van der Waals surface area (Å²) in [5.41, 5.74) is 3.52. The van der Waals surface area contributed by atoms with Crippen molar-refractivity contribution in [1.29, 1.82) is 0 Å². The Morgan fingerprint density at radius 1 is 1.13 bits per heavy atom. The largest absolute Gasteiger partial charge is 0.462 e. The molecule has 1 atom stereocenters. The van der Waals surface area contributed by atoms with Crippen LogP contribution in [-0.2, 0) is 16.9 Å². The standard InChI is InChI=1S/C24H21FO3S2/c1-2-28-23(27)22-19-12-17(16-8-10-18(25)11-9-16)13-20(26)21(19)24(30-22)29-14-15-6-4-3-5-7-15/h3-11,17H,2,12-14H2,1H3. The first-order chi connectivity index (χ1) is 14.6. The number of hydrogen-bond donors (Lipinski definition) is 0. The third kappa shape index (κ3) is 4.35. The Kier molecular flexibility index (Phi) is 6.35. The molecule has 0 saturated heterocycles. The molecule has 0 amide bonds. The molecule has 2 aromatic carbocycles. The van der Waals surface area contributed by atoms with E-state index in [9.17, 15) is 14.0 Å². The lowest BCUT2D eigenvalue weighted by atomic mass is 9.80. The van der Waals surface area contributed by atoms with Gasteiger partial charge in [-0.2, -0.15) is 0 Å². The van der Waals surface area contributed by atoms with Gasteiger partial charge in [-0.25, -0.2) is 9.18 Å². The van der Waals surface area contributed by atoms with E-state index in [1.54, 1.807) is 30.8 Å². The second-order valence-electron chi connectivity index (χ2n) is 7.15. The Hall–Kier alpha value is -2.44. The van der Waals surface area contributed by atoms with Gasteiger partial charge < -0.3 is 4.74 Å². The Labute approximate surface area is 183 Å². The van der Waals surface area contributed by atoms with E-state index in [0.29, 0.717) is 23.3 Å². The van der Waals surface area contributed by atoms with Gasteiger partial charge in [0.2, 0.25) is 0 Å². The summed E-state index contributed by atoms with van der Waals surface area (Å²) < 4.78 is 19.5. The minimum absolute atomic E-state index is 0.0351. The molecule has 0 spiro atoms. The van der Waals surface area contributed by atoms with E-state index in [2.05, 4.69) is 0 Å². The Morgan fingerprint density at radius 3 is 2.57 bits per heavy atom. The monoisotopic (exact) mass is 440 g/mol. The Balaban J connectivity index is 1.67. The molecule has 0 saturated carbocycles. The van der Waals surface area contributed by atoms with Crippen molar-refractivity contribution in [2.45, 2.75) is 35.6 Å². The highest BCUT2D eigenvalue weighted by Crippen LogP contribution is 2.44. The highest BCUT2D eigenvalue weighted by atomic mass is 32.2. The van der Waals surface area contributed by atoms with Gasteiger partial charge in [0.25, 0.3) is 0 Å². The van der Waals surface area contributed by atoms with Crippen LogP contribution < -0.4 is 0 Å². The van der Waals surface area contributed by atoms with E-state index in [-0.39, 0.29) is 30.1 Å². The van der Waals surface area contributed by atoms with Crippen molar-refractivity contribution in [2.24, 2.45) is 0 Å². The average Bonchev–Trinajstić information content (AvgIpc) is 3.13. The van der Waals surface area contributed by atoms with Gasteiger partial charge in [-0.3, -0.25) is 4.79 Å². The molecule has 4 rings (SSSR count). The first kappa shape index (κ1) is 20.8. The first-order valence-electron chi connectivity index (χ1n) is 9.85. The predicted molar refractivity (Wildman–Crippen MR) is 118 cm³/mol. The van der Waals surface area contributed by atoms with Gasteiger partial charge in [-0.05, 0) is 48.1 Å². The van der Waals surface area contributed by atoms with Crippen molar-refractivity contribution in [3.8, 4) is 0 Å². The van der Waals surface area contributed by atoms with E-state index in [1.165, 1.54) is 23.5 Å². The van der Waals surface area contributed by atoms with E-state index in [4.69, 9.17) is 4.74 Å². The van der Waals surface area contributed by atoms with Gasteiger partial charge in [-0.15, -0.1) is 23.1 Å². The number of thiophene rings is 1. The van der Waals surface area contributed by atoms with Gasteiger partial charge in [-0.1, -0.05) is 42.5 Å². The molecule has 1 aliphatic carbocycles. The van der Waals surface area contributed by atoms with Crippen LogP contribution in [0, 0.1) is 5.82 Å². The molecule has 1 heterocycles. The number of fused-ring (bicyclic) bond motifs is 1. The van der Waals surface area contributed by atoms with Crippen LogP contribution in [0.2, 0.25) is 0 Å². The van der Waals surface area contributed by atoms with E-state index < -0.39 is 0 Å². The summed E-state index contributed by atoms with van der Waals surface area (Å²) in [5.74, 6) is 0.0140. The number of Topliss-reactive ketones (excluding diaryl/α,β-unsaturated/α-hetero) is 1. The molecule has 0 fully saturated rings. The number of ether oxygens (including phenoxy) is 1. The lowest BCUT2D eigenvalue weighted by molar-refractivity contribution is 0.0531. The predicted octanol–water partition coefficient (Wildman–Crippen LogP) is 6.27. The quantitative estimate of drug-likeness (QED) is 0.335. The summed E-state index contributed by atoms with van der Waals surface area (Å²) in [6, 6.07) is 16.3. The molecule has 0 N–H and O–H groups in total. The fourth-order valence-corrected chi connectivity index (χ4v) is 6.23. The lowest BCUT2D eigenvalue weighted by Crippen LogP contribution is -2.20. The molecule has 1 unspecified atom stereocenters. The minimum atomic E-state index is -0.377.